The highest BCUT2D eigenvalue weighted by atomic mass is 31.2. The monoisotopic (exact) mass is 298 g/mol. The van der Waals surface area contributed by atoms with Crippen molar-refractivity contribution in [2.45, 2.75) is 52.1 Å². The first-order valence-electron chi connectivity index (χ1n) is 6.89. The molecule has 116 valence electrons. The summed E-state index contributed by atoms with van der Waals surface area (Å²) in [4.78, 5) is 17.0. The van der Waals surface area contributed by atoms with Gasteiger partial charge < -0.3 is 19.3 Å². The largest absolute Gasteiger partial charge is 0.469 e. The summed E-state index contributed by atoms with van der Waals surface area (Å²) < 4.78 is 25.7. The zero-order valence-electron chi connectivity index (χ0n) is 11.9. The summed E-state index contributed by atoms with van der Waals surface area (Å²) in [5.74, 6) is 0. The van der Waals surface area contributed by atoms with E-state index in [1.54, 1.807) is 0 Å². The lowest BCUT2D eigenvalue weighted by Gasteiger charge is -2.16. The first-order chi connectivity index (χ1) is 8.99. The van der Waals surface area contributed by atoms with Crippen LogP contribution in [-0.2, 0) is 18.6 Å². The highest BCUT2D eigenvalue weighted by Crippen LogP contribution is 2.35. The van der Waals surface area contributed by atoms with E-state index in [1.807, 2.05) is 13.8 Å². The molecule has 0 spiro atoms. The molecule has 0 saturated carbocycles. The van der Waals surface area contributed by atoms with Crippen molar-refractivity contribution >= 4 is 7.82 Å². The molecule has 6 nitrogen and oxygen atoms in total. The van der Waals surface area contributed by atoms with Crippen LogP contribution in [0.5, 0.6) is 0 Å². The fourth-order valence-electron chi connectivity index (χ4n) is 1.71. The maximum atomic E-state index is 10.4. The number of unbranched alkanes of at least 4 members (excludes halogenated alkanes) is 3. The van der Waals surface area contributed by atoms with Gasteiger partial charge in [-0.05, 0) is 26.7 Å². The van der Waals surface area contributed by atoms with Crippen LogP contribution < -0.4 is 0 Å². The second-order valence-electron chi connectivity index (χ2n) is 4.26. The molecule has 1 unspecified atom stereocenters. The van der Waals surface area contributed by atoms with Crippen molar-refractivity contribution in [2.24, 2.45) is 0 Å². The number of ether oxygens (including phenoxy) is 2. The van der Waals surface area contributed by atoms with E-state index in [4.69, 9.17) is 19.3 Å². The average molecular weight is 298 g/mol. The predicted molar refractivity (Wildman–Crippen MR) is 73.0 cm³/mol. The quantitative estimate of drug-likeness (QED) is 0.401. The van der Waals surface area contributed by atoms with Crippen LogP contribution in [0.25, 0.3) is 0 Å². The summed E-state index contributed by atoms with van der Waals surface area (Å²) in [7, 11) is -4.30. The van der Waals surface area contributed by atoms with Gasteiger partial charge in [0.2, 0.25) is 0 Å². The van der Waals surface area contributed by atoms with E-state index in [2.05, 4.69) is 4.52 Å². The van der Waals surface area contributed by atoms with E-state index < -0.39 is 7.82 Å². The molecular weight excluding hydrogens is 271 g/mol. The Morgan fingerprint density at radius 3 is 2.32 bits per heavy atom. The number of hydrogen-bond acceptors (Lipinski definition) is 4. The van der Waals surface area contributed by atoms with Crippen molar-refractivity contribution in [1.82, 2.24) is 0 Å². The Morgan fingerprint density at radius 1 is 1.05 bits per heavy atom. The lowest BCUT2D eigenvalue weighted by Crippen LogP contribution is -2.20. The highest BCUT2D eigenvalue weighted by Gasteiger charge is 2.12. The second-order valence-corrected chi connectivity index (χ2v) is 5.50. The molecule has 0 fully saturated rings. The number of hydrogen-bond donors (Lipinski definition) is 2. The maximum Gasteiger partial charge on any atom is 0.469 e. The van der Waals surface area contributed by atoms with Crippen molar-refractivity contribution in [3.63, 3.8) is 0 Å². The van der Waals surface area contributed by atoms with Crippen molar-refractivity contribution < 1.29 is 28.3 Å². The molecule has 0 aliphatic heterocycles. The number of phosphoric acid groups is 1. The minimum Gasteiger partial charge on any atom is -0.379 e. The minimum absolute atomic E-state index is 0.109. The van der Waals surface area contributed by atoms with Gasteiger partial charge in [0.1, 0.15) is 0 Å². The van der Waals surface area contributed by atoms with Crippen molar-refractivity contribution in [2.75, 3.05) is 26.4 Å². The molecular formula is C12H27O6P. The molecule has 0 aliphatic carbocycles. The van der Waals surface area contributed by atoms with Crippen LogP contribution in [0.15, 0.2) is 0 Å². The predicted octanol–water partition coefficient (Wildman–Crippen LogP) is 2.49. The Morgan fingerprint density at radius 2 is 1.74 bits per heavy atom. The lowest BCUT2D eigenvalue weighted by molar-refractivity contribution is -0.0135. The molecule has 0 rings (SSSR count). The zero-order chi connectivity index (χ0) is 14.6. The van der Waals surface area contributed by atoms with E-state index in [0.29, 0.717) is 26.2 Å². The third-order valence-electron chi connectivity index (χ3n) is 2.59. The average Bonchev–Trinajstić information content (AvgIpc) is 2.33. The summed E-state index contributed by atoms with van der Waals surface area (Å²) in [5.41, 5.74) is 0. The molecule has 2 N–H and O–H groups in total. The van der Waals surface area contributed by atoms with Crippen molar-refractivity contribution in [3.05, 3.63) is 0 Å². The second kappa shape index (κ2) is 11.8. The molecule has 0 heterocycles. The van der Waals surface area contributed by atoms with Gasteiger partial charge in [-0.2, -0.15) is 0 Å². The Kier molecular flexibility index (Phi) is 11.8. The van der Waals surface area contributed by atoms with E-state index in [9.17, 15) is 4.57 Å². The maximum absolute atomic E-state index is 10.4. The first kappa shape index (κ1) is 19.0. The van der Waals surface area contributed by atoms with E-state index in [-0.39, 0.29) is 12.7 Å². The van der Waals surface area contributed by atoms with Crippen LogP contribution in [0.3, 0.4) is 0 Å². The molecule has 0 bridgehead atoms. The molecule has 19 heavy (non-hydrogen) atoms. The van der Waals surface area contributed by atoms with Gasteiger partial charge in [-0.15, -0.1) is 0 Å². The first-order valence-corrected chi connectivity index (χ1v) is 8.42. The van der Waals surface area contributed by atoms with Gasteiger partial charge in [0.15, 0.2) is 0 Å². The molecule has 0 aromatic rings. The third kappa shape index (κ3) is 14.3. The van der Waals surface area contributed by atoms with Crippen LogP contribution in [0.2, 0.25) is 0 Å². The Bertz CT molecular complexity index is 242. The van der Waals surface area contributed by atoms with Crippen LogP contribution in [0, 0.1) is 0 Å². The topological polar surface area (TPSA) is 85.2 Å². The molecule has 1 atom stereocenters. The van der Waals surface area contributed by atoms with Gasteiger partial charge in [-0.1, -0.05) is 19.3 Å². The molecule has 0 aromatic heterocycles. The molecule has 0 aromatic carbocycles. The molecule has 0 radical (unpaired) electrons. The highest BCUT2D eigenvalue weighted by molar-refractivity contribution is 7.46. The molecule has 7 heteroatoms. The molecule has 0 saturated heterocycles. The smallest absolute Gasteiger partial charge is 0.379 e. The SMILES string of the molecule is CCOCC(CCCCCCOP(=O)(O)O)OCC. The molecule has 0 aliphatic rings. The van der Waals surface area contributed by atoms with Gasteiger partial charge in [-0.25, -0.2) is 4.57 Å². The van der Waals surface area contributed by atoms with Crippen LogP contribution in [-0.4, -0.2) is 42.3 Å². The minimum atomic E-state index is -4.30. The van der Waals surface area contributed by atoms with E-state index in [0.717, 1.165) is 25.7 Å². The van der Waals surface area contributed by atoms with Gasteiger partial charge in [0, 0.05) is 13.2 Å². The van der Waals surface area contributed by atoms with Crippen molar-refractivity contribution in [1.29, 1.82) is 0 Å². The Labute approximate surface area is 115 Å². The van der Waals surface area contributed by atoms with Crippen molar-refractivity contribution in [3.8, 4) is 0 Å². The normalized spacial score (nSPS) is 13.7. The Balaban J connectivity index is 3.46. The van der Waals surface area contributed by atoms with Gasteiger partial charge in [0.25, 0.3) is 0 Å². The summed E-state index contributed by atoms with van der Waals surface area (Å²) >= 11 is 0. The van der Waals surface area contributed by atoms with Gasteiger partial charge in [0.05, 0.1) is 19.3 Å². The van der Waals surface area contributed by atoms with Gasteiger partial charge in [-0.3, -0.25) is 4.52 Å². The third-order valence-corrected chi connectivity index (χ3v) is 3.11. The van der Waals surface area contributed by atoms with E-state index in [1.165, 1.54) is 0 Å². The van der Waals surface area contributed by atoms with Crippen LogP contribution >= 0.6 is 7.82 Å². The zero-order valence-corrected chi connectivity index (χ0v) is 12.8. The van der Waals surface area contributed by atoms with E-state index >= 15 is 0 Å². The van der Waals surface area contributed by atoms with Crippen LogP contribution in [0.1, 0.15) is 46.0 Å². The number of phosphoric ester groups is 1. The standard InChI is InChI=1S/C12H27O6P/c1-3-16-11-12(17-4-2)9-7-5-6-8-10-18-19(13,14)15/h12H,3-11H2,1-2H3,(H2,13,14,15). The summed E-state index contributed by atoms with van der Waals surface area (Å²) in [6.45, 7) is 6.06. The summed E-state index contributed by atoms with van der Waals surface area (Å²) in [6.07, 6.45) is 4.68. The van der Waals surface area contributed by atoms with Gasteiger partial charge >= 0.3 is 7.82 Å². The lowest BCUT2D eigenvalue weighted by atomic mass is 10.1. The Hall–Kier alpha value is 0.0300. The summed E-state index contributed by atoms with van der Waals surface area (Å²) in [6, 6.07) is 0. The number of rotatable bonds is 13. The molecule has 0 amide bonds. The fourth-order valence-corrected chi connectivity index (χ4v) is 2.08. The summed E-state index contributed by atoms with van der Waals surface area (Å²) in [5, 5.41) is 0. The fraction of sp³-hybridized carbons (Fsp3) is 1.00. The van der Waals surface area contributed by atoms with Crippen LogP contribution in [0.4, 0.5) is 0 Å².